The molecule has 1 heterocycles. The molecule has 0 unspecified atom stereocenters. The van der Waals surface area contributed by atoms with Gasteiger partial charge in [-0.1, -0.05) is 23.7 Å². The van der Waals surface area contributed by atoms with Crippen LogP contribution in [0.4, 0.5) is 0 Å². The monoisotopic (exact) mass is 241 g/mol. The predicted molar refractivity (Wildman–Crippen MR) is 63.6 cm³/mol. The first-order valence-corrected chi connectivity index (χ1v) is 5.91. The first-order valence-electron chi connectivity index (χ1n) is 5.53. The lowest BCUT2D eigenvalue weighted by molar-refractivity contribution is 0.152. The van der Waals surface area contributed by atoms with Gasteiger partial charge in [0.15, 0.2) is 0 Å². The Morgan fingerprint density at radius 2 is 2.25 bits per heavy atom. The maximum absolute atomic E-state index is 9.80. The average molecular weight is 242 g/mol. The molecule has 0 aromatic heterocycles. The van der Waals surface area contributed by atoms with Crippen molar-refractivity contribution in [1.82, 2.24) is 4.90 Å². The zero-order chi connectivity index (χ0) is 11.5. The number of rotatable bonds is 3. The molecular weight excluding hydrogens is 226 g/mol. The smallest absolute Gasteiger partial charge is 0.138 e. The third-order valence-corrected chi connectivity index (χ3v) is 3.46. The van der Waals surface area contributed by atoms with E-state index in [1.54, 1.807) is 6.07 Å². The molecule has 0 saturated carbocycles. The first-order chi connectivity index (χ1) is 7.72. The quantitative estimate of drug-likeness (QED) is 0.851. The summed E-state index contributed by atoms with van der Waals surface area (Å²) in [4.78, 5) is 2.19. The van der Waals surface area contributed by atoms with Crippen molar-refractivity contribution in [3.8, 4) is 5.75 Å². The van der Waals surface area contributed by atoms with Crippen molar-refractivity contribution in [1.29, 1.82) is 0 Å². The van der Waals surface area contributed by atoms with E-state index < -0.39 is 0 Å². The fraction of sp³-hybridized carbons (Fsp3) is 0.500. The fourth-order valence-electron chi connectivity index (χ4n) is 2.22. The van der Waals surface area contributed by atoms with Crippen molar-refractivity contribution < 1.29 is 10.2 Å². The van der Waals surface area contributed by atoms with E-state index in [1.165, 1.54) is 0 Å². The number of hydrogen-bond acceptors (Lipinski definition) is 3. The highest BCUT2D eigenvalue weighted by atomic mass is 35.5. The maximum atomic E-state index is 9.80. The number of aliphatic hydroxyl groups is 1. The highest BCUT2D eigenvalue weighted by molar-refractivity contribution is 6.32. The van der Waals surface area contributed by atoms with Gasteiger partial charge in [0.05, 0.1) is 11.6 Å². The SMILES string of the molecule is OC[C@@H]1CCCN1Cc1cccc(Cl)c1O. The van der Waals surface area contributed by atoms with Crippen molar-refractivity contribution in [2.45, 2.75) is 25.4 Å². The zero-order valence-corrected chi connectivity index (χ0v) is 9.82. The number of aromatic hydroxyl groups is 1. The van der Waals surface area contributed by atoms with E-state index in [9.17, 15) is 10.2 Å². The third kappa shape index (κ3) is 2.32. The summed E-state index contributed by atoms with van der Waals surface area (Å²) in [5.74, 6) is 0.160. The largest absolute Gasteiger partial charge is 0.506 e. The zero-order valence-electron chi connectivity index (χ0n) is 9.06. The molecular formula is C12H16ClNO2. The Labute approximate surface area is 100 Å². The molecule has 88 valence electrons. The van der Waals surface area contributed by atoms with Crippen LogP contribution in [-0.4, -0.2) is 34.3 Å². The van der Waals surface area contributed by atoms with Crippen molar-refractivity contribution in [2.75, 3.05) is 13.2 Å². The van der Waals surface area contributed by atoms with Crippen LogP contribution in [0.3, 0.4) is 0 Å². The predicted octanol–water partition coefficient (Wildman–Crippen LogP) is 2.00. The van der Waals surface area contributed by atoms with Gasteiger partial charge < -0.3 is 10.2 Å². The number of nitrogens with zero attached hydrogens (tertiary/aromatic N) is 1. The molecule has 4 heteroatoms. The minimum Gasteiger partial charge on any atom is -0.506 e. The van der Waals surface area contributed by atoms with Crippen LogP contribution in [0.15, 0.2) is 18.2 Å². The summed E-state index contributed by atoms with van der Waals surface area (Å²) in [6.07, 6.45) is 2.13. The van der Waals surface area contributed by atoms with E-state index in [0.717, 1.165) is 24.9 Å². The molecule has 0 aliphatic carbocycles. The highest BCUT2D eigenvalue weighted by Crippen LogP contribution is 2.29. The number of halogens is 1. The lowest BCUT2D eigenvalue weighted by Gasteiger charge is -2.23. The van der Waals surface area contributed by atoms with Gasteiger partial charge in [0.2, 0.25) is 0 Å². The minimum absolute atomic E-state index is 0.160. The average Bonchev–Trinajstić information content (AvgIpc) is 2.72. The van der Waals surface area contributed by atoms with E-state index in [2.05, 4.69) is 4.90 Å². The Balaban J connectivity index is 2.11. The number of phenolic OH excluding ortho intramolecular Hbond substituents is 1. The lowest BCUT2D eigenvalue weighted by Crippen LogP contribution is -2.31. The van der Waals surface area contributed by atoms with Gasteiger partial charge in [-0.2, -0.15) is 0 Å². The highest BCUT2D eigenvalue weighted by Gasteiger charge is 2.24. The molecule has 1 aliphatic heterocycles. The third-order valence-electron chi connectivity index (χ3n) is 3.15. The van der Waals surface area contributed by atoms with Gasteiger partial charge >= 0.3 is 0 Å². The molecule has 0 bridgehead atoms. The molecule has 1 aromatic carbocycles. The molecule has 0 radical (unpaired) electrons. The maximum Gasteiger partial charge on any atom is 0.138 e. The molecule has 1 aliphatic rings. The van der Waals surface area contributed by atoms with Crippen molar-refractivity contribution in [2.24, 2.45) is 0 Å². The van der Waals surface area contributed by atoms with Gasteiger partial charge in [-0.15, -0.1) is 0 Å². The molecule has 1 atom stereocenters. The fourth-order valence-corrected chi connectivity index (χ4v) is 2.41. The number of aliphatic hydroxyl groups excluding tert-OH is 1. The molecule has 2 rings (SSSR count). The second kappa shape index (κ2) is 5.04. The summed E-state index contributed by atoms with van der Waals surface area (Å²) in [6.45, 7) is 1.80. The number of hydrogen-bond donors (Lipinski definition) is 2. The first kappa shape index (κ1) is 11.7. The summed E-state index contributed by atoms with van der Waals surface area (Å²) < 4.78 is 0. The van der Waals surface area contributed by atoms with Crippen molar-refractivity contribution in [3.05, 3.63) is 28.8 Å². The van der Waals surface area contributed by atoms with Crippen LogP contribution in [0, 0.1) is 0 Å². The van der Waals surface area contributed by atoms with E-state index in [-0.39, 0.29) is 18.4 Å². The second-order valence-corrected chi connectivity index (χ2v) is 4.60. The molecule has 1 fully saturated rings. The molecule has 0 spiro atoms. The normalized spacial score (nSPS) is 21.5. The van der Waals surface area contributed by atoms with Crippen LogP contribution in [0.1, 0.15) is 18.4 Å². The van der Waals surface area contributed by atoms with Gasteiger partial charge in [0.25, 0.3) is 0 Å². The van der Waals surface area contributed by atoms with Gasteiger partial charge in [-0.05, 0) is 25.5 Å². The molecule has 0 amide bonds. The molecule has 1 saturated heterocycles. The van der Waals surface area contributed by atoms with Crippen LogP contribution in [0.5, 0.6) is 5.75 Å². The Bertz CT molecular complexity index is 370. The van der Waals surface area contributed by atoms with E-state index >= 15 is 0 Å². The van der Waals surface area contributed by atoms with Gasteiger partial charge in [0, 0.05) is 18.2 Å². The summed E-state index contributed by atoms with van der Waals surface area (Å²) in [7, 11) is 0. The summed E-state index contributed by atoms with van der Waals surface area (Å²) in [5, 5.41) is 19.4. The number of benzene rings is 1. The molecule has 2 N–H and O–H groups in total. The van der Waals surface area contributed by atoms with E-state index in [1.807, 2.05) is 12.1 Å². The van der Waals surface area contributed by atoms with Crippen LogP contribution in [-0.2, 0) is 6.54 Å². The van der Waals surface area contributed by atoms with Crippen LogP contribution >= 0.6 is 11.6 Å². The number of para-hydroxylation sites is 1. The van der Waals surface area contributed by atoms with Gasteiger partial charge in [-0.25, -0.2) is 0 Å². The molecule has 1 aromatic rings. The van der Waals surface area contributed by atoms with Crippen LogP contribution in [0.25, 0.3) is 0 Å². The Hall–Kier alpha value is -0.770. The Morgan fingerprint density at radius 3 is 3.00 bits per heavy atom. The summed E-state index contributed by atoms with van der Waals surface area (Å²) in [5.41, 5.74) is 0.827. The van der Waals surface area contributed by atoms with Crippen LogP contribution in [0.2, 0.25) is 5.02 Å². The van der Waals surface area contributed by atoms with Gasteiger partial charge in [-0.3, -0.25) is 4.90 Å². The Kier molecular flexibility index (Phi) is 3.69. The van der Waals surface area contributed by atoms with Crippen molar-refractivity contribution in [3.63, 3.8) is 0 Å². The summed E-state index contributed by atoms with van der Waals surface area (Å²) in [6, 6.07) is 5.60. The minimum atomic E-state index is 0.160. The summed E-state index contributed by atoms with van der Waals surface area (Å²) >= 11 is 5.85. The topological polar surface area (TPSA) is 43.7 Å². The van der Waals surface area contributed by atoms with E-state index in [0.29, 0.717) is 11.6 Å². The second-order valence-electron chi connectivity index (χ2n) is 4.20. The van der Waals surface area contributed by atoms with E-state index in [4.69, 9.17) is 11.6 Å². The standard InChI is InChI=1S/C12H16ClNO2/c13-11-5-1-3-9(12(11)16)7-14-6-2-4-10(14)8-15/h1,3,5,10,15-16H,2,4,6-8H2/t10-/m0/s1. The number of likely N-dealkylation sites (tertiary alicyclic amines) is 1. The Morgan fingerprint density at radius 1 is 1.44 bits per heavy atom. The number of phenols is 1. The van der Waals surface area contributed by atoms with Gasteiger partial charge in [0.1, 0.15) is 5.75 Å². The lowest BCUT2D eigenvalue weighted by atomic mass is 10.1. The van der Waals surface area contributed by atoms with Crippen LogP contribution < -0.4 is 0 Å². The molecule has 16 heavy (non-hydrogen) atoms. The van der Waals surface area contributed by atoms with Crippen molar-refractivity contribution >= 4 is 11.6 Å². The molecule has 3 nitrogen and oxygen atoms in total.